The van der Waals surface area contributed by atoms with Gasteiger partial charge in [0.05, 0.1) is 6.54 Å². The topological polar surface area (TPSA) is 42.0 Å². The van der Waals surface area contributed by atoms with E-state index < -0.39 is 5.60 Å². The second-order valence-electron chi connectivity index (χ2n) is 8.77. The summed E-state index contributed by atoms with van der Waals surface area (Å²) < 4.78 is 12.4. The number of nitrogens with zero attached hydrogens (tertiary/aromatic N) is 2. The van der Waals surface area contributed by atoms with Crippen LogP contribution in [0, 0.1) is 0 Å². The van der Waals surface area contributed by atoms with Crippen LogP contribution >= 0.6 is 15.9 Å². The summed E-state index contributed by atoms with van der Waals surface area (Å²) in [5, 5.41) is 0. The monoisotopic (exact) mass is 452 g/mol. The lowest BCUT2D eigenvalue weighted by Gasteiger charge is -2.37. The maximum absolute atomic E-state index is 13.1. The number of amides is 1. The number of piperidine rings is 1. The Morgan fingerprint density at radius 3 is 2.54 bits per heavy atom. The van der Waals surface area contributed by atoms with Gasteiger partial charge in [-0.05, 0) is 70.6 Å². The van der Waals surface area contributed by atoms with Crippen LogP contribution in [0.3, 0.4) is 0 Å². The predicted molar refractivity (Wildman–Crippen MR) is 116 cm³/mol. The van der Waals surface area contributed by atoms with Crippen LogP contribution in [0.25, 0.3) is 0 Å². The number of carbonyl (C=O) groups is 1. The van der Waals surface area contributed by atoms with Gasteiger partial charge in [0.25, 0.3) is 0 Å². The smallest absolute Gasteiger partial charge is 0.410 e. The molecule has 2 fully saturated rings. The molecule has 0 aromatic heterocycles. The zero-order chi connectivity index (χ0) is 20.1. The molecule has 156 valence electrons. The highest BCUT2D eigenvalue weighted by Gasteiger charge is 2.31. The fourth-order valence-electron chi connectivity index (χ4n) is 3.94. The van der Waals surface area contributed by atoms with E-state index in [-0.39, 0.29) is 12.1 Å². The zero-order valence-electron chi connectivity index (χ0n) is 17.4. The van der Waals surface area contributed by atoms with Gasteiger partial charge in [-0.15, -0.1) is 0 Å². The minimum absolute atomic E-state index is 0.154. The molecule has 0 bridgehead atoms. The third kappa shape index (κ3) is 5.86. The molecule has 1 aromatic rings. The second-order valence-corrected chi connectivity index (χ2v) is 9.69. The van der Waals surface area contributed by atoms with Crippen LogP contribution < -0.4 is 4.90 Å². The van der Waals surface area contributed by atoms with Gasteiger partial charge in [0, 0.05) is 42.5 Å². The van der Waals surface area contributed by atoms with Crippen molar-refractivity contribution in [3.05, 3.63) is 28.2 Å². The van der Waals surface area contributed by atoms with Gasteiger partial charge in [0.15, 0.2) is 0 Å². The highest BCUT2D eigenvalue weighted by Crippen LogP contribution is 2.30. The van der Waals surface area contributed by atoms with Gasteiger partial charge in [-0.25, -0.2) is 4.79 Å². The summed E-state index contributed by atoms with van der Waals surface area (Å²) in [7, 11) is 0. The number of hydrogen-bond donors (Lipinski definition) is 0. The first-order valence-electron chi connectivity index (χ1n) is 10.4. The van der Waals surface area contributed by atoms with Gasteiger partial charge >= 0.3 is 6.09 Å². The van der Waals surface area contributed by atoms with Gasteiger partial charge in [-0.1, -0.05) is 22.0 Å². The molecule has 3 rings (SSSR count). The Hall–Kier alpha value is -1.27. The zero-order valence-corrected chi connectivity index (χ0v) is 19.0. The van der Waals surface area contributed by atoms with Gasteiger partial charge < -0.3 is 19.3 Å². The first kappa shape index (κ1) is 21.4. The van der Waals surface area contributed by atoms with E-state index in [2.05, 4.69) is 39.0 Å². The van der Waals surface area contributed by atoms with Crippen LogP contribution in [0.15, 0.2) is 22.7 Å². The van der Waals surface area contributed by atoms with E-state index in [0.29, 0.717) is 19.8 Å². The molecule has 2 aliphatic rings. The number of ether oxygens (including phenoxy) is 2. The van der Waals surface area contributed by atoms with E-state index >= 15 is 0 Å². The van der Waals surface area contributed by atoms with E-state index in [1.54, 1.807) is 0 Å². The van der Waals surface area contributed by atoms with E-state index in [1.165, 1.54) is 30.5 Å². The number of benzene rings is 1. The molecule has 1 amide bonds. The normalized spacial score (nSPS) is 18.8. The highest BCUT2D eigenvalue weighted by molar-refractivity contribution is 9.10. The molecule has 0 unspecified atom stereocenters. The summed E-state index contributed by atoms with van der Waals surface area (Å²) in [6.07, 6.45) is 5.23. The Labute approximate surface area is 177 Å². The molecule has 0 atom stereocenters. The number of anilines is 1. The van der Waals surface area contributed by atoms with Crippen LogP contribution in [-0.2, 0) is 16.0 Å². The van der Waals surface area contributed by atoms with E-state index in [0.717, 1.165) is 30.4 Å². The van der Waals surface area contributed by atoms with E-state index in [4.69, 9.17) is 9.47 Å². The lowest BCUT2D eigenvalue weighted by Crippen LogP contribution is -2.45. The Morgan fingerprint density at radius 1 is 1.21 bits per heavy atom. The third-order valence-corrected chi connectivity index (χ3v) is 5.84. The predicted octanol–water partition coefficient (Wildman–Crippen LogP) is 5.36. The fourth-order valence-corrected chi connectivity index (χ4v) is 4.29. The summed E-state index contributed by atoms with van der Waals surface area (Å²) in [4.78, 5) is 17.4. The van der Waals surface area contributed by atoms with E-state index in [9.17, 15) is 4.79 Å². The molecule has 0 N–H and O–H groups in total. The molecule has 0 aliphatic carbocycles. The van der Waals surface area contributed by atoms with E-state index in [1.807, 2.05) is 25.7 Å². The molecule has 28 heavy (non-hydrogen) atoms. The van der Waals surface area contributed by atoms with Gasteiger partial charge in [0.2, 0.25) is 0 Å². The Kier molecular flexibility index (Phi) is 7.26. The standard InChI is InChI=1S/C22H33BrN2O3/c1-22(2,3)28-21(26)25(19-9-13-27-14-10-19)16-17-7-8-18(23)15-20(17)24-11-5-4-6-12-24/h7-8,15,19H,4-6,9-14,16H2,1-3H3. The molecule has 0 saturated carbocycles. The van der Waals surface area contributed by atoms with Crippen LogP contribution in [0.2, 0.25) is 0 Å². The van der Waals surface area contributed by atoms with Gasteiger partial charge in [-0.2, -0.15) is 0 Å². The van der Waals surface area contributed by atoms with Crippen LogP contribution in [0.1, 0.15) is 58.4 Å². The van der Waals surface area contributed by atoms with Crippen LogP contribution in [0.5, 0.6) is 0 Å². The minimum Gasteiger partial charge on any atom is -0.444 e. The Balaban J connectivity index is 1.86. The SMILES string of the molecule is CC(C)(C)OC(=O)N(Cc1ccc(Br)cc1N1CCCCC1)C1CCOCC1. The first-order valence-corrected chi connectivity index (χ1v) is 11.2. The molecule has 1 aromatic carbocycles. The number of halogens is 1. The number of hydrogen-bond acceptors (Lipinski definition) is 4. The molecule has 2 saturated heterocycles. The summed E-state index contributed by atoms with van der Waals surface area (Å²) in [5.74, 6) is 0. The number of rotatable bonds is 4. The van der Waals surface area contributed by atoms with Crippen molar-refractivity contribution in [2.24, 2.45) is 0 Å². The van der Waals surface area contributed by atoms with Gasteiger partial charge in [-0.3, -0.25) is 0 Å². The van der Waals surface area contributed by atoms with Crippen molar-refractivity contribution < 1.29 is 14.3 Å². The molecule has 5 nitrogen and oxygen atoms in total. The summed E-state index contributed by atoms with van der Waals surface area (Å²) >= 11 is 3.63. The third-order valence-electron chi connectivity index (χ3n) is 5.34. The quantitative estimate of drug-likeness (QED) is 0.616. The average Bonchev–Trinajstić information content (AvgIpc) is 2.67. The fraction of sp³-hybridized carbons (Fsp3) is 0.682. The van der Waals surface area contributed by atoms with Crippen molar-refractivity contribution >= 4 is 27.7 Å². The second kappa shape index (κ2) is 9.49. The maximum Gasteiger partial charge on any atom is 0.410 e. The first-order chi connectivity index (χ1) is 13.3. The molecule has 0 spiro atoms. The Bertz CT molecular complexity index is 662. The molecule has 6 heteroatoms. The average molecular weight is 453 g/mol. The van der Waals surface area contributed by atoms with Crippen LogP contribution in [-0.4, -0.2) is 48.9 Å². The summed E-state index contributed by atoms with van der Waals surface area (Å²) in [5.41, 5.74) is 1.91. The summed E-state index contributed by atoms with van der Waals surface area (Å²) in [6.45, 7) is 9.88. The van der Waals surface area contributed by atoms with Crippen molar-refractivity contribution in [3.63, 3.8) is 0 Å². The van der Waals surface area contributed by atoms with Gasteiger partial charge in [0.1, 0.15) is 5.60 Å². The van der Waals surface area contributed by atoms with Crippen molar-refractivity contribution in [1.29, 1.82) is 0 Å². The number of carbonyl (C=O) groups excluding carboxylic acids is 1. The summed E-state index contributed by atoms with van der Waals surface area (Å²) in [6, 6.07) is 6.56. The molecule has 0 radical (unpaired) electrons. The van der Waals surface area contributed by atoms with Crippen molar-refractivity contribution in [2.75, 3.05) is 31.2 Å². The molecular formula is C22H33BrN2O3. The van der Waals surface area contributed by atoms with Crippen molar-refractivity contribution in [3.8, 4) is 0 Å². The largest absolute Gasteiger partial charge is 0.444 e. The molecule has 2 heterocycles. The van der Waals surface area contributed by atoms with Crippen molar-refractivity contribution in [1.82, 2.24) is 4.90 Å². The van der Waals surface area contributed by atoms with Crippen LogP contribution in [0.4, 0.5) is 10.5 Å². The lowest BCUT2D eigenvalue weighted by molar-refractivity contribution is -0.00804. The minimum atomic E-state index is -0.504. The van der Waals surface area contributed by atoms with Crippen molar-refractivity contribution in [2.45, 2.75) is 71.1 Å². The maximum atomic E-state index is 13.1. The molecule has 2 aliphatic heterocycles. The Morgan fingerprint density at radius 2 is 1.89 bits per heavy atom. The lowest BCUT2D eigenvalue weighted by atomic mass is 10.0. The molecular weight excluding hydrogens is 420 g/mol. The highest BCUT2D eigenvalue weighted by atomic mass is 79.9.